The highest BCUT2D eigenvalue weighted by molar-refractivity contribution is 5.81. The summed E-state index contributed by atoms with van der Waals surface area (Å²) in [5, 5.41) is 13.7. The lowest BCUT2D eigenvalue weighted by molar-refractivity contribution is -0.140. The van der Waals surface area contributed by atoms with Crippen LogP contribution in [0.15, 0.2) is 0 Å². The summed E-state index contributed by atoms with van der Waals surface area (Å²) in [5.41, 5.74) is -0.958. The van der Waals surface area contributed by atoms with Crippen molar-refractivity contribution >= 4 is 5.91 Å². The van der Waals surface area contributed by atoms with Crippen LogP contribution >= 0.6 is 0 Å². The van der Waals surface area contributed by atoms with Gasteiger partial charge in [-0.3, -0.25) is 4.79 Å². The van der Waals surface area contributed by atoms with E-state index in [1.54, 1.807) is 0 Å². The molecule has 20 heavy (non-hydrogen) atoms. The van der Waals surface area contributed by atoms with E-state index in [-0.39, 0.29) is 17.2 Å². The van der Waals surface area contributed by atoms with Crippen LogP contribution < -0.4 is 5.32 Å². The van der Waals surface area contributed by atoms with E-state index in [9.17, 15) is 9.90 Å². The largest absolute Gasteiger partial charge is 0.389 e. The summed E-state index contributed by atoms with van der Waals surface area (Å²) in [7, 11) is 0. The molecule has 1 unspecified atom stereocenters. The van der Waals surface area contributed by atoms with Crippen molar-refractivity contribution in [1.82, 2.24) is 10.2 Å². The summed E-state index contributed by atoms with van der Waals surface area (Å²) in [4.78, 5) is 14.2. The third kappa shape index (κ3) is 4.74. The molecule has 0 saturated carbocycles. The highest BCUT2D eigenvalue weighted by Gasteiger charge is 2.31. The van der Waals surface area contributed by atoms with E-state index in [0.717, 1.165) is 25.9 Å². The van der Waals surface area contributed by atoms with Gasteiger partial charge in [-0.2, -0.15) is 0 Å². The number of piperidine rings is 1. The van der Waals surface area contributed by atoms with Crippen molar-refractivity contribution in [1.29, 1.82) is 0 Å². The van der Waals surface area contributed by atoms with E-state index >= 15 is 0 Å². The van der Waals surface area contributed by atoms with Gasteiger partial charge < -0.3 is 15.3 Å². The number of amides is 1. The molecule has 2 N–H and O–H groups in total. The van der Waals surface area contributed by atoms with Gasteiger partial charge in [0.25, 0.3) is 0 Å². The van der Waals surface area contributed by atoms with Gasteiger partial charge in [0.1, 0.15) is 0 Å². The lowest BCUT2D eigenvalue weighted by Gasteiger charge is -2.37. The number of rotatable bonds is 4. The predicted octanol–water partition coefficient (Wildman–Crippen LogP) is 2.02. The van der Waals surface area contributed by atoms with Crippen molar-refractivity contribution in [2.24, 2.45) is 11.3 Å². The van der Waals surface area contributed by atoms with Gasteiger partial charge in [0, 0.05) is 31.1 Å². The maximum atomic E-state index is 12.2. The van der Waals surface area contributed by atoms with E-state index in [1.807, 2.05) is 46.4 Å². The van der Waals surface area contributed by atoms with Crippen molar-refractivity contribution in [3.8, 4) is 0 Å². The highest BCUT2D eigenvalue weighted by Crippen LogP contribution is 2.21. The molecule has 0 spiro atoms. The minimum atomic E-state index is -0.668. The van der Waals surface area contributed by atoms with Crippen LogP contribution in [0, 0.1) is 11.3 Å². The molecule has 4 nitrogen and oxygen atoms in total. The molecule has 0 radical (unpaired) electrons. The fraction of sp³-hybridized carbons (Fsp3) is 0.938. The van der Waals surface area contributed by atoms with E-state index in [1.165, 1.54) is 0 Å². The predicted molar refractivity (Wildman–Crippen MR) is 82.5 cm³/mol. The Morgan fingerprint density at radius 3 is 2.15 bits per heavy atom. The van der Waals surface area contributed by atoms with Crippen LogP contribution in [0.3, 0.4) is 0 Å². The van der Waals surface area contributed by atoms with Crippen LogP contribution in [0.1, 0.15) is 54.4 Å². The third-order valence-corrected chi connectivity index (χ3v) is 4.42. The Morgan fingerprint density at radius 1 is 1.25 bits per heavy atom. The second-order valence-electron chi connectivity index (χ2n) is 7.71. The van der Waals surface area contributed by atoms with Gasteiger partial charge in [-0.15, -0.1) is 0 Å². The maximum Gasteiger partial charge on any atom is 0.227 e. The number of aliphatic hydroxyl groups is 1. The number of carbonyl (C=O) groups is 1. The molecule has 1 aliphatic rings. The molecule has 118 valence electrons. The molecule has 1 saturated heterocycles. The molecule has 4 heteroatoms. The Morgan fingerprint density at radius 2 is 1.75 bits per heavy atom. The van der Waals surface area contributed by atoms with Gasteiger partial charge in [-0.05, 0) is 25.7 Å². The zero-order valence-electron chi connectivity index (χ0n) is 14.0. The zero-order valence-corrected chi connectivity index (χ0v) is 14.0. The minimum Gasteiger partial charge on any atom is -0.389 e. The Hall–Kier alpha value is -0.610. The second-order valence-corrected chi connectivity index (χ2v) is 7.71. The third-order valence-electron chi connectivity index (χ3n) is 4.42. The molecule has 0 bridgehead atoms. The number of likely N-dealkylation sites (tertiary alicyclic amines) is 1. The smallest absolute Gasteiger partial charge is 0.227 e. The highest BCUT2D eigenvalue weighted by atomic mass is 16.3. The number of carbonyl (C=O) groups excluding carboxylic acids is 1. The summed E-state index contributed by atoms with van der Waals surface area (Å²) in [5.74, 6) is 0.475. The first-order valence-electron chi connectivity index (χ1n) is 7.79. The van der Waals surface area contributed by atoms with Crippen LogP contribution in [0.4, 0.5) is 0 Å². The van der Waals surface area contributed by atoms with E-state index in [2.05, 4.69) is 5.32 Å². The SMILES string of the molecule is CC(C)C(C)(O)CNC1CCN(C(=O)C(C)(C)C)CC1. The second kappa shape index (κ2) is 6.44. The first kappa shape index (κ1) is 17.4. The number of hydrogen-bond donors (Lipinski definition) is 2. The first-order chi connectivity index (χ1) is 9.04. The van der Waals surface area contributed by atoms with Crippen molar-refractivity contribution in [3.05, 3.63) is 0 Å². The van der Waals surface area contributed by atoms with Crippen LogP contribution in [0.5, 0.6) is 0 Å². The molecule has 1 heterocycles. The molecule has 1 atom stereocenters. The fourth-order valence-electron chi connectivity index (χ4n) is 2.32. The topological polar surface area (TPSA) is 52.6 Å². The van der Waals surface area contributed by atoms with Gasteiger partial charge in [-0.25, -0.2) is 0 Å². The molecule has 1 rings (SSSR count). The van der Waals surface area contributed by atoms with E-state index < -0.39 is 5.60 Å². The van der Waals surface area contributed by atoms with E-state index in [0.29, 0.717) is 12.6 Å². The van der Waals surface area contributed by atoms with Crippen molar-refractivity contribution in [2.75, 3.05) is 19.6 Å². The van der Waals surface area contributed by atoms with Gasteiger partial charge >= 0.3 is 0 Å². The maximum absolute atomic E-state index is 12.2. The molecule has 0 aromatic rings. The van der Waals surface area contributed by atoms with Crippen LogP contribution in [0.25, 0.3) is 0 Å². The van der Waals surface area contributed by atoms with Gasteiger partial charge in [-0.1, -0.05) is 34.6 Å². The monoisotopic (exact) mass is 284 g/mol. The summed E-state index contributed by atoms with van der Waals surface area (Å²) in [6.45, 7) is 14.1. The fourth-order valence-corrected chi connectivity index (χ4v) is 2.32. The number of nitrogens with one attached hydrogen (secondary N) is 1. The van der Waals surface area contributed by atoms with Crippen LogP contribution in [-0.4, -0.2) is 47.2 Å². The molecule has 0 aromatic heterocycles. The zero-order chi connectivity index (χ0) is 15.6. The molecule has 0 aromatic carbocycles. The molecular formula is C16H32N2O2. The normalized spacial score (nSPS) is 21.1. The Labute approximate surface area is 123 Å². The van der Waals surface area contributed by atoms with Crippen molar-refractivity contribution in [2.45, 2.75) is 66.0 Å². The molecule has 1 aliphatic heterocycles. The summed E-state index contributed by atoms with van der Waals surface area (Å²) < 4.78 is 0. The van der Waals surface area contributed by atoms with Crippen LogP contribution in [-0.2, 0) is 4.79 Å². The molecular weight excluding hydrogens is 252 g/mol. The minimum absolute atomic E-state index is 0.234. The van der Waals surface area contributed by atoms with Gasteiger partial charge in [0.05, 0.1) is 5.60 Å². The number of hydrogen-bond acceptors (Lipinski definition) is 3. The average molecular weight is 284 g/mol. The van der Waals surface area contributed by atoms with Gasteiger partial charge in [0.15, 0.2) is 0 Å². The molecule has 1 fully saturated rings. The number of nitrogens with zero attached hydrogens (tertiary/aromatic N) is 1. The quantitative estimate of drug-likeness (QED) is 0.830. The standard InChI is InChI=1S/C16H32N2O2/c1-12(2)16(6,20)11-17-13-7-9-18(10-8-13)14(19)15(3,4)5/h12-13,17,20H,7-11H2,1-6H3. The molecule has 1 amide bonds. The summed E-state index contributed by atoms with van der Waals surface area (Å²) >= 11 is 0. The first-order valence-corrected chi connectivity index (χ1v) is 7.79. The lowest BCUT2D eigenvalue weighted by atomic mass is 9.91. The van der Waals surface area contributed by atoms with Crippen LogP contribution in [0.2, 0.25) is 0 Å². The van der Waals surface area contributed by atoms with Gasteiger partial charge in [0.2, 0.25) is 5.91 Å². The molecule has 0 aliphatic carbocycles. The Bertz CT molecular complexity index is 324. The van der Waals surface area contributed by atoms with Crippen molar-refractivity contribution in [3.63, 3.8) is 0 Å². The summed E-state index contributed by atoms with van der Waals surface area (Å²) in [6, 6.07) is 0.407. The summed E-state index contributed by atoms with van der Waals surface area (Å²) in [6.07, 6.45) is 1.94. The van der Waals surface area contributed by atoms with E-state index in [4.69, 9.17) is 0 Å². The lowest BCUT2D eigenvalue weighted by Crippen LogP contribution is -2.51. The Kier molecular flexibility index (Phi) is 5.61. The Balaban J connectivity index is 2.38. The van der Waals surface area contributed by atoms with Crippen molar-refractivity contribution < 1.29 is 9.90 Å². The average Bonchev–Trinajstić information content (AvgIpc) is 2.35.